The van der Waals surface area contributed by atoms with E-state index in [0.29, 0.717) is 24.8 Å². The number of unbranched alkanes of at least 4 members (excludes halogenated alkanes) is 1. The van der Waals surface area contributed by atoms with Gasteiger partial charge in [-0.15, -0.1) is 0 Å². The van der Waals surface area contributed by atoms with Gasteiger partial charge in [-0.05, 0) is 118 Å². The highest BCUT2D eigenvalue weighted by Crippen LogP contribution is 2.40. The molecule has 3 aliphatic heterocycles. The third-order valence-corrected chi connectivity index (χ3v) is 14.3. The summed E-state index contributed by atoms with van der Waals surface area (Å²) in [7, 11) is 3.93. The van der Waals surface area contributed by atoms with Crippen LogP contribution in [0.3, 0.4) is 0 Å². The molecule has 0 bridgehead atoms. The summed E-state index contributed by atoms with van der Waals surface area (Å²) in [5.74, 6) is 2.47. The van der Waals surface area contributed by atoms with E-state index in [1.54, 1.807) is 0 Å². The fraction of sp³-hybridized carbons (Fsp3) is 0.919. The third kappa shape index (κ3) is 17.9. The molecule has 3 atom stereocenters. The molecule has 0 radical (unpaired) electrons. The first-order valence-corrected chi connectivity index (χ1v) is 22.1. The molecule has 10 heteroatoms. The number of hydrogen-bond donors (Lipinski definition) is 0. The molecule has 0 N–H and O–H groups in total. The van der Waals surface area contributed by atoms with E-state index in [-0.39, 0.29) is 50.3 Å². The summed E-state index contributed by atoms with van der Waals surface area (Å²) < 4.78 is 11.2. The van der Waals surface area contributed by atoms with Gasteiger partial charge in [0.05, 0.1) is 18.5 Å². The number of carbonyl (C=O) groups excluding carboxylic acids is 3. The summed E-state index contributed by atoms with van der Waals surface area (Å²) in [5, 5.41) is 0.732. The second-order valence-electron chi connectivity index (χ2n) is 16.5. The number of ether oxygens (including phenoxy) is 2. The zero-order chi connectivity index (χ0) is 34.3. The highest BCUT2D eigenvalue weighted by Gasteiger charge is 2.28. The van der Waals surface area contributed by atoms with Gasteiger partial charge in [-0.1, -0.05) is 68.0 Å². The van der Waals surface area contributed by atoms with Crippen molar-refractivity contribution in [2.45, 2.75) is 148 Å². The van der Waals surface area contributed by atoms with Crippen molar-refractivity contribution in [2.75, 3.05) is 51.7 Å². The summed E-state index contributed by atoms with van der Waals surface area (Å²) in [6.45, 7) is 18.6. The van der Waals surface area contributed by atoms with Crippen LogP contribution in [0.5, 0.6) is 0 Å². The van der Waals surface area contributed by atoms with Crippen LogP contribution in [-0.2, 0) is 23.9 Å². The Morgan fingerprint density at radius 3 is 1.96 bits per heavy atom. The van der Waals surface area contributed by atoms with Crippen molar-refractivity contribution in [2.24, 2.45) is 17.3 Å². The van der Waals surface area contributed by atoms with Crippen molar-refractivity contribution < 1.29 is 23.9 Å². The molecule has 0 aliphatic carbocycles. The molecule has 3 saturated heterocycles. The molecule has 3 aliphatic rings. The van der Waals surface area contributed by atoms with Crippen LogP contribution in [0.2, 0.25) is 0 Å². The molecular formula is C37H67N2O5PS2. The van der Waals surface area contributed by atoms with Crippen molar-refractivity contribution in [3.8, 4) is 0 Å². The van der Waals surface area contributed by atoms with Crippen molar-refractivity contribution in [3.63, 3.8) is 0 Å². The number of nitrogens with zero attached hydrogens (tertiary/aromatic N) is 2. The maximum absolute atomic E-state index is 12.8. The van der Waals surface area contributed by atoms with E-state index in [0.717, 1.165) is 49.6 Å². The lowest BCUT2D eigenvalue weighted by atomic mass is 9.86. The standard InChI is InChI=1S/C37H67N2O5PS2/c1-36(2,3)26-34(41)44-28-31(45-35(42)13-8-7-12-32-19-25-46-47-32)27-43-33(40)18-22-38-20-14-29(15-21-38)10-9-11-30-16-23-39(24-17-30)37(4,5)6/h29-32,45H,7-28H2,1-6H3. The third-order valence-electron chi connectivity index (χ3n) is 9.97. The van der Waals surface area contributed by atoms with Crippen LogP contribution in [-0.4, -0.2) is 95.4 Å². The number of rotatable bonds is 19. The first kappa shape index (κ1) is 41.1. The molecule has 272 valence electrons. The van der Waals surface area contributed by atoms with Gasteiger partial charge in [0, 0.05) is 29.5 Å². The Labute approximate surface area is 297 Å². The summed E-state index contributed by atoms with van der Waals surface area (Å²) in [6, 6.07) is 0. The molecule has 0 amide bonds. The Morgan fingerprint density at radius 1 is 0.766 bits per heavy atom. The van der Waals surface area contributed by atoms with E-state index >= 15 is 0 Å². The van der Waals surface area contributed by atoms with Gasteiger partial charge in [0.15, 0.2) is 5.52 Å². The van der Waals surface area contributed by atoms with Gasteiger partial charge in [-0.2, -0.15) is 0 Å². The Bertz CT molecular complexity index is 934. The van der Waals surface area contributed by atoms with Crippen LogP contribution in [0.25, 0.3) is 0 Å². The van der Waals surface area contributed by atoms with Gasteiger partial charge in [0.1, 0.15) is 13.2 Å². The van der Waals surface area contributed by atoms with Crippen LogP contribution in [0.4, 0.5) is 0 Å². The van der Waals surface area contributed by atoms with Crippen LogP contribution in [0, 0.1) is 17.3 Å². The average molecular weight is 715 g/mol. The van der Waals surface area contributed by atoms with E-state index in [2.05, 4.69) is 30.6 Å². The lowest BCUT2D eigenvalue weighted by molar-refractivity contribution is -0.147. The summed E-state index contributed by atoms with van der Waals surface area (Å²) in [6.07, 6.45) is 14.9. The minimum absolute atomic E-state index is 0.0117. The second kappa shape index (κ2) is 21.1. The summed E-state index contributed by atoms with van der Waals surface area (Å²) in [4.78, 5) is 43.0. The first-order valence-electron chi connectivity index (χ1n) is 18.6. The quantitative estimate of drug-likeness (QED) is 0.0566. The Morgan fingerprint density at radius 2 is 1.38 bits per heavy atom. The van der Waals surface area contributed by atoms with Gasteiger partial charge in [-0.3, -0.25) is 19.3 Å². The van der Waals surface area contributed by atoms with Crippen LogP contribution < -0.4 is 0 Å². The summed E-state index contributed by atoms with van der Waals surface area (Å²) >= 11 is 0. The maximum Gasteiger partial charge on any atom is 0.307 e. The van der Waals surface area contributed by atoms with Gasteiger partial charge >= 0.3 is 11.9 Å². The number of hydrogen-bond acceptors (Lipinski definition) is 9. The van der Waals surface area contributed by atoms with Crippen LogP contribution in [0.1, 0.15) is 131 Å². The average Bonchev–Trinajstić information content (AvgIpc) is 3.53. The van der Waals surface area contributed by atoms with Crippen LogP contribution >= 0.6 is 30.2 Å². The zero-order valence-corrected chi connectivity index (χ0v) is 33.3. The first-order chi connectivity index (χ1) is 22.3. The van der Waals surface area contributed by atoms with Crippen molar-refractivity contribution in [1.82, 2.24) is 9.80 Å². The topological polar surface area (TPSA) is 76.2 Å². The fourth-order valence-corrected chi connectivity index (χ4v) is 11.1. The minimum Gasteiger partial charge on any atom is -0.465 e. The Hall–Kier alpha value is -0.340. The summed E-state index contributed by atoms with van der Waals surface area (Å²) in [5.41, 5.74) is 0.0677. The zero-order valence-electron chi connectivity index (χ0n) is 30.6. The second-order valence-corrected chi connectivity index (χ2v) is 21.0. The van der Waals surface area contributed by atoms with Gasteiger partial charge < -0.3 is 14.4 Å². The molecule has 3 heterocycles. The Balaban J connectivity index is 1.29. The van der Waals surface area contributed by atoms with Gasteiger partial charge in [0.25, 0.3) is 0 Å². The SMILES string of the molecule is CC(C)(C)CC(=O)OCC(COC(=O)CCN1CCC(CCCC2CCN(C(C)(C)C)CC2)CC1)PC(=O)CCCCC1CCSS1. The van der Waals surface area contributed by atoms with Crippen molar-refractivity contribution >= 4 is 47.6 Å². The van der Waals surface area contributed by atoms with E-state index in [9.17, 15) is 14.4 Å². The molecule has 0 saturated carbocycles. The minimum atomic E-state index is -0.265. The molecule has 0 aromatic rings. The van der Waals surface area contributed by atoms with E-state index in [1.165, 1.54) is 76.6 Å². The predicted molar refractivity (Wildman–Crippen MR) is 202 cm³/mol. The maximum atomic E-state index is 12.8. The van der Waals surface area contributed by atoms with Crippen LogP contribution in [0.15, 0.2) is 0 Å². The smallest absolute Gasteiger partial charge is 0.307 e. The lowest BCUT2D eigenvalue weighted by Gasteiger charge is -2.41. The largest absolute Gasteiger partial charge is 0.465 e. The molecule has 47 heavy (non-hydrogen) atoms. The molecule has 0 aromatic heterocycles. The number of likely N-dealkylation sites (tertiary alicyclic amines) is 2. The normalized spacial score (nSPS) is 21.8. The van der Waals surface area contributed by atoms with Crippen molar-refractivity contribution in [3.05, 3.63) is 0 Å². The van der Waals surface area contributed by atoms with E-state index in [4.69, 9.17) is 9.47 Å². The molecular weight excluding hydrogens is 648 g/mol. The fourth-order valence-electron chi connectivity index (χ4n) is 6.93. The lowest BCUT2D eigenvalue weighted by Crippen LogP contribution is -2.46. The molecule has 0 spiro atoms. The molecule has 3 fully saturated rings. The molecule has 3 rings (SSSR count). The van der Waals surface area contributed by atoms with Crippen molar-refractivity contribution in [1.29, 1.82) is 0 Å². The molecule has 3 unspecified atom stereocenters. The van der Waals surface area contributed by atoms with E-state index < -0.39 is 0 Å². The van der Waals surface area contributed by atoms with Gasteiger partial charge in [0.2, 0.25) is 0 Å². The molecule has 0 aromatic carbocycles. The highest BCUT2D eigenvalue weighted by molar-refractivity contribution is 8.77. The number of piperidine rings is 2. The Kier molecular flexibility index (Phi) is 18.5. The van der Waals surface area contributed by atoms with E-state index in [1.807, 2.05) is 42.4 Å². The highest BCUT2D eigenvalue weighted by atomic mass is 33.1. The number of carbonyl (C=O) groups is 3. The molecule has 7 nitrogen and oxygen atoms in total. The van der Waals surface area contributed by atoms with Gasteiger partial charge in [-0.25, -0.2) is 0 Å². The number of esters is 2. The predicted octanol–water partition coefficient (Wildman–Crippen LogP) is 8.58. The monoisotopic (exact) mass is 714 g/mol.